The third-order valence-corrected chi connectivity index (χ3v) is 8.92. The number of aromatic nitrogens is 1. The summed E-state index contributed by atoms with van der Waals surface area (Å²) < 4.78 is 11.7. The number of fused-ring (bicyclic) bond motifs is 3. The number of ether oxygens (including phenoxy) is 2. The molecule has 1 aromatic carbocycles. The van der Waals surface area contributed by atoms with Crippen molar-refractivity contribution in [2.75, 3.05) is 27.0 Å². The summed E-state index contributed by atoms with van der Waals surface area (Å²) >= 11 is 3.53. The number of nitrogens with zero attached hydrogens (tertiary/aromatic N) is 1. The van der Waals surface area contributed by atoms with Gasteiger partial charge in [-0.3, -0.25) is 19.2 Å². The molecule has 2 aromatic rings. The Labute approximate surface area is 317 Å². The van der Waals surface area contributed by atoms with Crippen molar-refractivity contribution in [3.63, 3.8) is 0 Å². The molecule has 16 heteroatoms. The van der Waals surface area contributed by atoms with E-state index in [9.17, 15) is 24.0 Å². The maximum absolute atomic E-state index is 14.0. The largest absolute Gasteiger partial charge is 0.496 e. The van der Waals surface area contributed by atoms with Gasteiger partial charge in [-0.1, -0.05) is 52.7 Å². The lowest BCUT2D eigenvalue weighted by molar-refractivity contribution is -0.141. The van der Waals surface area contributed by atoms with Gasteiger partial charge in [0.15, 0.2) is 0 Å². The molecule has 3 heterocycles. The molecule has 2 fully saturated rings. The highest BCUT2D eigenvalue weighted by Gasteiger charge is 2.60. The van der Waals surface area contributed by atoms with Crippen LogP contribution in [-0.4, -0.2) is 95.3 Å². The van der Waals surface area contributed by atoms with Crippen LogP contribution in [0.4, 0.5) is 4.79 Å². The Balaban J connectivity index is -0.000000689. The molecule has 1 aromatic heterocycles. The van der Waals surface area contributed by atoms with Crippen LogP contribution in [0.25, 0.3) is 10.9 Å². The van der Waals surface area contributed by atoms with Gasteiger partial charge in [-0.05, 0) is 51.0 Å². The Hall–Kier alpha value is -4.28. The van der Waals surface area contributed by atoms with E-state index in [4.69, 9.17) is 15.2 Å². The number of carbonyl (C=O) groups excluding carboxylic acids is 4. The van der Waals surface area contributed by atoms with Gasteiger partial charge in [0.25, 0.3) is 5.56 Å². The van der Waals surface area contributed by atoms with E-state index in [2.05, 4.69) is 33.6 Å². The summed E-state index contributed by atoms with van der Waals surface area (Å²) in [7, 11) is 3.01. The van der Waals surface area contributed by atoms with E-state index < -0.39 is 47.5 Å². The summed E-state index contributed by atoms with van der Waals surface area (Å²) in [6, 6.07) is 2.51. The third kappa shape index (κ3) is 11.1. The number of nitrogens with one attached hydrogen (secondary N) is 4. The minimum absolute atomic E-state index is 0. The molecule has 5 rings (SSSR count). The van der Waals surface area contributed by atoms with E-state index in [1.165, 1.54) is 18.0 Å². The number of hydrogen-bond donors (Lipinski definition) is 6. The Morgan fingerprint density at radius 2 is 1.73 bits per heavy atom. The van der Waals surface area contributed by atoms with Crippen molar-refractivity contribution in [1.82, 2.24) is 25.8 Å². The molecule has 1 saturated heterocycles. The molecule has 2 aliphatic heterocycles. The van der Waals surface area contributed by atoms with Crippen LogP contribution < -0.4 is 36.7 Å². The highest BCUT2D eigenvalue weighted by Crippen LogP contribution is 2.45. The van der Waals surface area contributed by atoms with Crippen LogP contribution in [0.5, 0.6) is 11.5 Å². The molecule has 0 spiro atoms. The average molecular weight is 761 g/mol. The average Bonchev–Trinajstić information content (AvgIpc) is 3.67. The second kappa shape index (κ2) is 22.6. The first kappa shape index (κ1) is 47.7. The lowest BCUT2D eigenvalue weighted by atomic mass is 10.0. The number of primary amides is 1. The SMILES string of the molecule is CC.CC.CNC(=O)N[C@H]1CCCCC/C=C\[C@@H]2C[C@@]2(C(N)=O)NC(=O)[C@@H]2C[C@@H](Oc3cc(=O)[nH]c4c(C)c(OC)ccc34)CN2C1=O.CS.O.O.[HH].[HH].[HH].[HH]. The number of urea groups is 1. The molecule has 52 heavy (non-hydrogen) atoms. The molecule has 302 valence electrons. The normalized spacial score (nSPS) is 24.1. The summed E-state index contributed by atoms with van der Waals surface area (Å²) in [4.78, 5) is 69.5. The van der Waals surface area contributed by atoms with Gasteiger partial charge in [0.2, 0.25) is 17.7 Å². The highest BCUT2D eigenvalue weighted by molar-refractivity contribution is 7.79. The second-order valence-electron chi connectivity index (χ2n) is 11.8. The topological polar surface area (TPSA) is 248 Å². The Morgan fingerprint density at radius 1 is 1.06 bits per heavy atom. The Bertz CT molecular complexity index is 1590. The number of amides is 5. The highest BCUT2D eigenvalue weighted by atomic mass is 32.1. The zero-order valence-corrected chi connectivity index (χ0v) is 32.6. The molecular formula is C36H68N6O9S. The number of aromatic amines is 1. The van der Waals surface area contributed by atoms with Gasteiger partial charge in [-0.2, -0.15) is 12.6 Å². The van der Waals surface area contributed by atoms with Crippen molar-refractivity contribution in [2.45, 2.75) is 103 Å². The Morgan fingerprint density at radius 3 is 2.35 bits per heavy atom. The molecule has 5 amide bonds. The first-order chi connectivity index (χ1) is 24.1. The summed E-state index contributed by atoms with van der Waals surface area (Å²) in [5.74, 6) is -0.902. The number of carbonyl (C=O) groups is 4. The fourth-order valence-electron chi connectivity index (χ4n) is 6.34. The Kier molecular flexibility index (Phi) is 20.7. The number of hydrogen-bond acceptors (Lipinski definition) is 8. The fraction of sp³-hybridized carbons (Fsp3) is 0.583. The van der Waals surface area contributed by atoms with E-state index in [1.54, 1.807) is 25.5 Å². The first-order valence-corrected chi connectivity index (χ1v) is 18.4. The fourth-order valence-corrected chi connectivity index (χ4v) is 6.34. The monoisotopic (exact) mass is 760 g/mol. The van der Waals surface area contributed by atoms with Crippen LogP contribution in [0.2, 0.25) is 0 Å². The smallest absolute Gasteiger partial charge is 0.315 e. The zero-order chi connectivity index (χ0) is 37.6. The number of aryl methyl sites for hydroxylation is 1. The number of H-pyrrole nitrogens is 1. The van der Waals surface area contributed by atoms with Gasteiger partial charge in [0.1, 0.15) is 35.2 Å². The van der Waals surface area contributed by atoms with Crippen molar-refractivity contribution < 1.29 is 45.3 Å². The van der Waals surface area contributed by atoms with Crippen LogP contribution >= 0.6 is 12.6 Å². The van der Waals surface area contributed by atoms with Crippen LogP contribution in [0.15, 0.2) is 35.1 Å². The molecule has 10 N–H and O–H groups in total. The number of rotatable bonds is 5. The first-order valence-electron chi connectivity index (χ1n) is 17.5. The molecular weight excluding hydrogens is 692 g/mol. The van der Waals surface area contributed by atoms with Crippen LogP contribution in [0.3, 0.4) is 0 Å². The number of pyridine rings is 1. The van der Waals surface area contributed by atoms with E-state index in [1.807, 2.05) is 46.8 Å². The van der Waals surface area contributed by atoms with E-state index in [0.717, 1.165) is 24.8 Å². The quantitative estimate of drug-likeness (QED) is 0.196. The summed E-state index contributed by atoms with van der Waals surface area (Å²) in [5, 5.41) is 8.72. The van der Waals surface area contributed by atoms with Crippen molar-refractivity contribution in [2.24, 2.45) is 11.7 Å². The molecule has 1 saturated carbocycles. The van der Waals surface area contributed by atoms with E-state index in [-0.39, 0.29) is 41.1 Å². The lowest BCUT2D eigenvalue weighted by Crippen LogP contribution is -2.57. The predicted molar refractivity (Wildman–Crippen MR) is 215 cm³/mol. The van der Waals surface area contributed by atoms with Gasteiger partial charge in [0.05, 0.1) is 19.2 Å². The van der Waals surface area contributed by atoms with Gasteiger partial charge in [-0.25, -0.2) is 4.79 Å². The van der Waals surface area contributed by atoms with Crippen LogP contribution in [0.1, 0.15) is 83.9 Å². The van der Waals surface area contributed by atoms with Crippen LogP contribution in [0, 0.1) is 12.8 Å². The maximum Gasteiger partial charge on any atom is 0.315 e. The molecule has 5 atom stereocenters. The molecule has 1 aliphatic carbocycles. The molecule has 3 aliphatic rings. The lowest BCUT2D eigenvalue weighted by Gasteiger charge is -2.29. The molecule has 0 unspecified atom stereocenters. The number of nitrogens with two attached hydrogens (primary N) is 1. The van der Waals surface area contributed by atoms with E-state index >= 15 is 0 Å². The number of methoxy groups -OCH3 is 1. The summed E-state index contributed by atoms with van der Waals surface area (Å²) in [6.45, 7) is 9.85. The summed E-state index contributed by atoms with van der Waals surface area (Å²) in [6.07, 6.45) is 9.02. The van der Waals surface area contributed by atoms with Crippen molar-refractivity contribution in [3.8, 4) is 11.5 Å². The van der Waals surface area contributed by atoms with Crippen molar-refractivity contribution in [3.05, 3.63) is 46.3 Å². The number of benzene rings is 1. The van der Waals surface area contributed by atoms with Crippen molar-refractivity contribution >= 4 is 47.3 Å². The third-order valence-electron chi connectivity index (χ3n) is 8.92. The predicted octanol–water partition coefficient (Wildman–Crippen LogP) is 3.30. The van der Waals surface area contributed by atoms with Gasteiger partial charge in [-0.15, -0.1) is 0 Å². The van der Waals surface area contributed by atoms with Gasteiger partial charge >= 0.3 is 6.03 Å². The van der Waals surface area contributed by atoms with E-state index in [0.29, 0.717) is 41.7 Å². The standard InChI is InChI=1S/C31H40N6O7.2C2H6.CH4S.2H2O.4H2/c1-17-23(43-3)12-11-20-24(14-25(38)35-26(17)20)44-19-13-22-27(39)36-31(29(32)41)15-18(31)9-7-5-4-6-8-10-21(34-30(42)33-2)28(40)37(22)16-19;3*1-2;;;;;;/h7,9,11-12,14,18-19,21-22H,4-6,8,10,13,15-16H2,1-3H3,(H2,32,41)(H,35,38)(H,36,39)(H2,33,34,42);2*1-2H3;2H,1H3;2*1H2;4*1H/b9-7-;;;;;;;;;/t18-,19-,21+,22+,31-;;;;;;;;;/m1........./s1. The molecule has 15 nitrogen and oxygen atoms in total. The van der Waals surface area contributed by atoms with Gasteiger partial charge < -0.3 is 52.0 Å². The second-order valence-corrected chi connectivity index (χ2v) is 11.8. The maximum atomic E-state index is 14.0. The summed E-state index contributed by atoms with van der Waals surface area (Å²) in [5.41, 5.74) is 5.45. The number of allylic oxidation sites excluding steroid dienone is 1. The van der Waals surface area contributed by atoms with Crippen LogP contribution in [-0.2, 0) is 14.4 Å². The van der Waals surface area contributed by atoms with Gasteiger partial charge in [0, 0.05) is 42.1 Å². The molecule has 0 radical (unpaired) electrons. The minimum atomic E-state index is -1.22. The minimum Gasteiger partial charge on any atom is -0.496 e. The number of thiol groups is 1. The van der Waals surface area contributed by atoms with Crippen molar-refractivity contribution in [1.29, 1.82) is 0 Å². The zero-order valence-electron chi connectivity index (χ0n) is 31.7. The molecule has 0 bridgehead atoms.